The van der Waals surface area contributed by atoms with E-state index >= 15 is 0 Å². The van der Waals surface area contributed by atoms with E-state index in [0.29, 0.717) is 11.4 Å². The van der Waals surface area contributed by atoms with Crippen molar-refractivity contribution in [3.05, 3.63) is 58.0 Å². The first-order valence-electron chi connectivity index (χ1n) is 6.28. The first-order valence-corrected chi connectivity index (χ1v) is 6.28. The van der Waals surface area contributed by atoms with E-state index in [1.807, 2.05) is 6.07 Å². The molecule has 0 aliphatic rings. The molecule has 3 rings (SSSR count). The largest absolute Gasteiger partial charge is 0.345 e. The van der Waals surface area contributed by atoms with Gasteiger partial charge in [0.05, 0.1) is 18.4 Å². The van der Waals surface area contributed by atoms with Crippen LogP contribution in [0.3, 0.4) is 0 Å². The number of hydrogen-bond acceptors (Lipinski definition) is 5. The molecule has 0 bridgehead atoms. The molecule has 3 heterocycles. The predicted octanol–water partition coefficient (Wildman–Crippen LogP) is 0.0510. The molecule has 0 radical (unpaired) electrons. The Kier molecular flexibility index (Phi) is 3.19. The Hall–Kier alpha value is -3.03. The van der Waals surface area contributed by atoms with Crippen LogP contribution in [0.25, 0.3) is 5.52 Å². The van der Waals surface area contributed by atoms with Crippen LogP contribution < -0.4 is 10.9 Å². The van der Waals surface area contributed by atoms with Gasteiger partial charge in [-0.25, -0.2) is 4.52 Å². The number of carbonyl (C=O) groups excluding carboxylic acids is 1. The number of amides is 1. The van der Waals surface area contributed by atoms with Gasteiger partial charge in [0.2, 0.25) is 0 Å². The van der Waals surface area contributed by atoms with Crippen LogP contribution in [0.15, 0.2) is 35.4 Å². The van der Waals surface area contributed by atoms with E-state index in [2.05, 4.69) is 25.6 Å². The van der Waals surface area contributed by atoms with Gasteiger partial charge in [0, 0.05) is 11.9 Å². The van der Waals surface area contributed by atoms with E-state index in [1.54, 1.807) is 31.5 Å². The average Bonchev–Trinajstić information content (AvgIpc) is 2.90. The third-order valence-electron chi connectivity index (χ3n) is 2.91. The van der Waals surface area contributed by atoms with Gasteiger partial charge in [0.25, 0.3) is 11.5 Å². The smallest absolute Gasteiger partial charge is 0.276 e. The summed E-state index contributed by atoms with van der Waals surface area (Å²) in [4.78, 5) is 30.8. The number of nitrogens with zero attached hydrogens (tertiary/aromatic N) is 4. The van der Waals surface area contributed by atoms with E-state index in [-0.39, 0.29) is 17.8 Å². The maximum Gasteiger partial charge on any atom is 0.276 e. The lowest BCUT2D eigenvalue weighted by atomic mass is 10.3. The summed E-state index contributed by atoms with van der Waals surface area (Å²) >= 11 is 0. The second-order valence-corrected chi connectivity index (χ2v) is 4.50. The fourth-order valence-corrected chi connectivity index (χ4v) is 1.96. The lowest BCUT2D eigenvalue weighted by molar-refractivity contribution is 0.0947. The van der Waals surface area contributed by atoms with E-state index in [1.165, 1.54) is 4.52 Å². The maximum atomic E-state index is 12.1. The Morgan fingerprint density at radius 3 is 3.05 bits per heavy atom. The van der Waals surface area contributed by atoms with Gasteiger partial charge >= 0.3 is 0 Å². The predicted molar refractivity (Wildman–Crippen MR) is 73.8 cm³/mol. The zero-order valence-electron chi connectivity index (χ0n) is 11.2. The number of nitrogens with one attached hydrogen (secondary N) is 2. The molecule has 3 aromatic heterocycles. The molecule has 106 valence electrons. The molecule has 0 aliphatic heterocycles. The molecule has 0 saturated heterocycles. The monoisotopic (exact) mass is 284 g/mol. The van der Waals surface area contributed by atoms with Crippen LogP contribution in [0.5, 0.6) is 0 Å². The van der Waals surface area contributed by atoms with Crippen molar-refractivity contribution in [1.82, 2.24) is 30.1 Å². The van der Waals surface area contributed by atoms with Crippen molar-refractivity contribution in [1.29, 1.82) is 0 Å². The molecule has 8 nitrogen and oxygen atoms in total. The average molecular weight is 284 g/mol. The molecule has 1 amide bonds. The quantitative estimate of drug-likeness (QED) is 0.707. The zero-order chi connectivity index (χ0) is 14.8. The first-order chi connectivity index (χ1) is 10.1. The van der Waals surface area contributed by atoms with Crippen molar-refractivity contribution in [2.75, 3.05) is 0 Å². The highest BCUT2D eigenvalue weighted by Crippen LogP contribution is 2.03. The molecular formula is C13H12N6O2. The van der Waals surface area contributed by atoms with Crippen LogP contribution in [0.4, 0.5) is 0 Å². The summed E-state index contributed by atoms with van der Waals surface area (Å²) in [5, 5.41) is 10.2. The highest BCUT2D eigenvalue weighted by molar-refractivity contribution is 5.98. The molecule has 21 heavy (non-hydrogen) atoms. The summed E-state index contributed by atoms with van der Waals surface area (Å²) in [5.41, 5.74) is 1.07. The molecule has 0 atom stereocenters. The van der Waals surface area contributed by atoms with Gasteiger partial charge in [-0.1, -0.05) is 11.3 Å². The third-order valence-corrected chi connectivity index (χ3v) is 2.91. The highest BCUT2D eigenvalue weighted by atomic mass is 16.2. The summed E-state index contributed by atoms with van der Waals surface area (Å²) in [6, 6.07) is 5.41. The molecule has 0 aliphatic carbocycles. The first kappa shape index (κ1) is 13.0. The summed E-state index contributed by atoms with van der Waals surface area (Å²) in [7, 11) is 0. The van der Waals surface area contributed by atoms with E-state index in [0.717, 1.165) is 0 Å². The minimum Gasteiger partial charge on any atom is -0.345 e. The number of pyridine rings is 1. The lowest BCUT2D eigenvalue weighted by Gasteiger charge is -2.02. The second-order valence-electron chi connectivity index (χ2n) is 4.50. The number of H-pyrrole nitrogens is 1. The molecule has 0 saturated carbocycles. The normalized spacial score (nSPS) is 10.7. The standard InChI is InChI=1S/C13H12N6O2/c1-8-7-19-11(13(21)16-8)10(17-18-19)12(20)15-6-9-4-2-3-5-14-9/h2-5,7H,6H2,1H3,(H,15,20)(H,16,21). The molecule has 0 fully saturated rings. The SMILES string of the molecule is Cc1cn2nnc(C(=O)NCc3ccccn3)c2c(=O)[nH]1. The molecular weight excluding hydrogens is 272 g/mol. The molecule has 3 aromatic rings. The Morgan fingerprint density at radius 1 is 1.43 bits per heavy atom. The van der Waals surface area contributed by atoms with Crippen molar-refractivity contribution in [3.63, 3.8) is 0 Å². The van der Waals surface area contributed by atoms with Crippen LogP contribution in [0, 0.1) is 6.92 Å². The number of rotatable bonds is 3. The summed E-state index contributed by atoms with van der Waals surface area (Å²) < 4.78 is 1.30. The lowest BCUT2D eigenvalue weighted by Crippen LogP contribution is -2.25. The van der Waals surface area contributed by atoms with Crippen molar-refractivity contribution in [3.8, 4) is 0 Å². The molecule has 2 N–H and O–H groups in total. The second kappa shape index (κ2) is 5.16. The van der Waals surface area contributed by atoms with Crippen LogP contribution >= 0.6 is 0 Å². The van der Waals surface area contributed by atoms with E-state index < -0.39 is 11.5 Å². The zero-order valence-corrected chi connectivity index (χ0v) is 11.2. The topological polar surface area (TPSA) is 105 Å². The Bertz CT molecular complexity index is 852. The van der Waals surface area contributed by atoms with Gasteiger partial charge in [0.1, 0.15) is 0 Å². The number of carbonyl (C=O) groups is 1. The van der Waals surface area contributed by atoms with Gasteiger partial charge in [-0.3, -0.25) is 14.6 Å². The van der Waals surface area contributed by atoms with Crippen molar-refractivity contribution in [2.45, 2.75) is 13.5 Å². The Balaban J connectivity index is 1.87. The van der Waals surface area contributed by atoms with Crippen LogP contribution in [0.1, 0.15) is 21.9 Å². The van der Waals surface area contributed by atoms with Gasteiger partial charge in [0.15, 0.2) is 11.2 Å². The van der Waals surface area contributed by atoms with Crippen LogP contribution in [-0.2, 0) is 6.54 Å². The number of aryl methyl sites for hydroxylation is 1. The van der Waals surface area contributed by atoms with Gasteiger partial charge in [-0.2, -0.15) is 0 Å². The number of hydrogen-bond donors (Lipinski definition) is 2. The molecule has 8 heteroatoms. The van der Waals surface area contributed by atoms with E-state index in [4.69, 9.17) is 0 Å². The fourth-order valence-electron chi connectivity index (χ4n) is 1.96. The van der Waals surface area contributed by atoms with Crippen molar-refractivity contribution in [2.24, 2.45) is 0 Å². The van der Waals surface area contributed by atoms with Gasteiger partial charge < -0.3 is 10.3 Å². The number of fused-ring (bicyclic) bond motifs is 1. The molecule has 0 aromatic carbocycles. The fraction of sp³-hybridized carbons (Fsp3) is 0.154. The third kappa shape index (κ3) is 2.50. The van der Waals surface area contributed by atoms with Crippen molar-refractivity contribution >= 4 is 11.4 Å². The number of aromatic nitrogens is 5. The van der Waals surface area contributed by atoms with E-state index in [9.17, 15) is 9.59 Å². The van der Waals surface area contributed by atoms with Crippen LogP contribution in [-0.4, -0.2) is 30.7 Å². The summed E-state index contributed by atoms with van der Waals surface area (Å²) in [6.45, 7) is 1.98. The minimum atomic E-state index is -0.468. The Morgan fingerprint density at radius 2 is 2.29 bits per heavy atom. The van der Waals surface area contributed by atoms with Gasteiger partial charge in [-0.15, -0.1) is 5.10 Å². The summed E-state index contributed by atoms with van der Waals surface area (Å²) in [5.74, 6) is -0.468. The molecule has 0 unspecified atom stereocenters. The Labute approximate surface area is 118 Å². The highest BCUT2D eigenvalue weighted by Gasteiger charge is 2.17. The maximum absolute atomic E-state index is 12.1. The minimum absolute atomic E-state index is 0.00724. The van der Waals surface area contributed by atoms with Gasteiger partial charge in [-0.05, 0) is 19.1 Å². The number of aromatic amines is 1. The van der Waals surface area contributed by atoms with Crippen LogP contribution in [0.2, 0.25) is 0 Å². The summed E-state index contributed by atoms with van der Waals surface area (Å²) in [6.07, 6.45) is 3.24. The molecule has 0 spiro atoms. The van der Waals surface area contributed by atoms with Crippen molar-refractivity contribution < 1.29 is 4.79 Å².